The van der Waals surface area contributed by atoms with Crippen molar-refractivity contribution < 1.29 is 36.6 Å². The highest BCUT2D eigenvalue weighted by atomic mass is 32.2. The number of rotatable bonds is 12. The molecule has 2 aromatic carbocycles. The van der Waals surface area contributed by atoms with Gasteiger partial charge in [-0.25, -0.2) is 16.8 Å². The Morgan fingerprint density at radius 2 is 1.65 bits per heavy atom. The van der Waals surface area contributed by atoms with Crippen molar-refractivity contribution in [3.05, 3.63) is 48.0 Å². The van der Waals surface area contributed by atoms with Crippen LogP contribution in [0.5, 0.6) is 5.75 Å². The number of nitrogens with zero attached hydrogens (tertiary/aromatic N) is 3. The van der Waals surface area contributed by atoms with Crippen molar-refractivity contribution in [2.24, 2.45) is 0 Å². The molecule has 0 aromatic heterocycles. The number of carbonyl (C=O) groups is 1. The number of carbonyl (C=O) groups excluding carboxylic acids is 1. The van der Waals surface area contributed by atoms with E-state index in [9.17, 15) is 31.8 Å². The first kappa shape index (κ1) is 33.0. The van der Waals surface area contributed by atoms with Crippen LogP contribution in [0.1, 0.15) is 31.4 Å². The summed E-state index contributed by atoms with van der Waals surface area (Å²) in [5, 5.41) is 23.9. The van der Waals surface area contributed by atoms with Gasteiger partial charge in [0.25, 0.3) is 0 Å². The van der Waals surface area contributed by atoms with E-state index in [1.807, 2.05) is 17.0 Å². The van der Waals surface area contributed by atoms with Gasteiger partial charge in [0.15, 0.2) is 0 Å². The number of piperidine rings is 1. The summed E-state index contributed by atoms with van der Waals surface area (Å²) in [5.74, 6) is -0.529. The van der Waals surface area contributed by atoms with E-state index in [0.29, 0.717) is 38.3 Å². The Labute approximate surface area is 253 Å². The quantitative estimate of drug-likeness (QED) is 0.193. The Bertz CT molecular complexity index is 1450. The van der Waals surface area contributed by atoms with E-state index >= 15 is 0 Å². The molecule has 0 saturated carbocycles. The van der Waals surface area contributed by atoms with Crippen LogP contribution >= 0.6 is 0 Å². The first-order chi connectivity index (χ1) is 20.4. The van der Waals surface area contributed by atoms with Gasteiger partial charge in [0, 0.05) is 57.5 Å². The molecule has 2 aliphatic heterocycles. The summed E-state index contributed by atoms with van der Waals surface area (Å²) < 4.78 is 58.1. The summed E-state index contributed by atoms with van der Waals surface area (Å²) in [6.07, 6.45) is 1.73. The Morgan fingerprint density at radius 3 is 2.26 bits per heavy atom. The van der Waals surface area contributed by atoms with E-state index in [-0.39, 0.29) is 41.4 Å². The lowest BCUT2D eigenvalue weighted by molar-refractivity contribution is -0.144. The fourth-order valence-corrected chi connectivity index (χ4v) is 7.26. The number of phenols is 1. The summed E-state index contributed by atoms with van der Waals surface area (Å²) in [5.41, 5.74) is 1.42. The van der Waals surface area contributed by atoms with Crippen LogP contribution in [0.25, 0.3) is 0 Å². The van der Waals surface area contributed by atoms with Gasteiger partial charge in [0.1, 0.15) is 5.75 Å². The van der Waals surface area contributed by atoms with Crippen molar-refractivity contribution >= 4 is 37.4 Å². The molecule has 2 fully saturated rings. The fourth-order valence-electron chi connectivity index (χ4n) is 5.28. The predicted octanol–water partition coefficient (Wildman–Crippen LogP) is 0.925. The second kappa shape index (κ2) is 14.2. The van der Waals surface area contributed by atoms with Crippen LogP contribution in [0.2, 0.25) is 0 Å². The topological polar surface area (TPSA) is 169 Å². The molecule has 2 saturated heterocycles. The van der Waals surface area contributed by atoms with E-state index in [2.05, 4.69) is 14.9 Å². The minimum absolute atomic E-state index is 0.0137. The second-order valence-corrected chi connectivity index (χ2v) is 14.5. The number of nitrogens with one attached hydrogen (secondary N) is 2. The summed E-state index contributed by atoms with van der Waals surface area (Å²) in [6, 6.07) is 11.4. The highest BCUT2D eigenvalue weighted by molar-refractivity contribution is 7.92. The molecule has 4 N–H and O–H groups in total. The minimum atomic E-state index is -3.64. The Balaban J connectivity index is 1.24. The number of aliphatic hydroxyl groups is 1. The number of aromatic hydroxyl groups is 1. The number of benzene rings is 2. The molecule has 2 aromatic rings. The average Bonchev–Trinajstić information content (AvgIpc) is 2.97. The molecule has 43 heavy (non-hydrogen) atoms. The van der Waals surface area contributed by atoms with E-state index in [4.69, 9.17) is 4.74 Å². The number of phenolic OH excluding ortho intramolecular Hbond substituents is 1. The van der Waals surface area contributed by atoms with Crippen molar-refractivity contribution in [2.75, 3.05) is 74.8 Å². The number of sulfonamides is 2. The molecule has 0 radical (unpaired) electrons. The van der Waals surface area contributed by atoms with Crippen molar-refractivity contribution in [3.8, 4) is 5.75 Å². The van der Waals surface area contributed by atoms with Crippen molar-refractivity contribution in [1.29, 1.82) is 0 Å². The maximum Gasteiger partial charge on any atom is 0.320 e. The highest BCUT2D eigenvalue weighted by Crippen LogP contribution is 2.28. The van der Waals surface area contributed by atoms with Gasteiger partial charge >= 0.3 is 5.97 Å². The maximum atomic E-state index is 13.2. The third-order valence-corrected chi connectivity index (χ3v) is 10.1. The lowest BCUT2D eigenvalue weighted by atomic mass is 10.0. The monoisotopic (exact) mass is 639 g/mol. The SMILES string of the molecule is CCOC(=O)CN1CCN(S(=O)(=O)c2ccc(N3CCC(NC[C@H](O)c4ccc(O)c(NS(C)(=O)=O)c4)CC3)cc2)CC1. The Kier molecular flexibility index (Phi) is 10.9. The van der Waals surface area contributed by atoms with Crippen LogP contribution in [-0.4, -0.2) is 113 Å². The average molecular weight is 640 g/mol. The zero-order chi connectivity index (χ0) is 31.2. The van der Waals surface area contributed by atoms with Crippen molar-refractivity contribution in [3.63, 3.8) is 0 Å². The smallest absolute Gasteiger partial charge is 0.320 e. The molecule has 0 spiro atoms. The lowest BCUT2D eigenvalue weighted by Crippen LogP contribution is -2.50. The van der Waals surface area contributed by atoms with Gasteiger partial charge in [0.2, 0.25) is 20.0 Å². The van der Waals surface area contributed by atoms with Gasteiger partial charge < -0.3 is 25.2 Å². The van der Waals surface area contributed by atoms with Crippen LogP contribution in [0.4, 0.5) is 11.4 Å². The lowest BCUT2D eigenvalue weighted by Gasteiger charge is -2.35. The molecule has 0 amide bonds. The molecule has 0 bridgehead atoms. The van der Waals surface area contributed by atoms with Gasteiger partial charge in [-0.1, -0.05) is 6.07 Å². The first-order valence-corrected chi connectivity index (χ1v) is 17.6. The number of esters is 1. The predicted molar refractivity (Wildman–Crippen MR) is 163 cm³/mol. The molecular formula is C28H41N5O8S2. The van der Waals surface area contributed by atoms with E-state index in [1.54, 1.807) is 25.1 Å². The third kappa shape index (κ3) is 9.03. The van der Waals surface area contributed by atoms with E-state index in [0.717, 1.165) is 37.9 Å². The summed E-state index contributed by atoms with van der Waals surface area (Å²) >= 11 is 0. The molecule has 1 atom stereocenters. The standard InChI is InChI=1S/C28H41N5O8S2/c1-3-41-28(36)20-31-14-16-33(17-15-31)43(39,40)24-7-5-23(6-8-24)32-12-10-22(11-13-32)29-19-27(35)21-4-9-26(34)25(18-21)30-42(2,37)38/h4-9,18,22,27,29-30,34-35H,3,10-17,19-20H2,1-2H3/t27-/m0/s1. The summed E-state index contributed by atoms with van der Waals surface area (Å²) in [6.45, 7) is 5.55. The van der Waals surface area contributed by atoms with Gasteiger partial charge in [-0.05, 0) is 61.7 Å². The largest absolute Gasteiger partial charge is 0.506 e. The molecule has 15 heteroatoms. The van der Waals surface area contributed by atoms with Gasteiger partial charge in [-0.3, -0.25) is 14.4 Å². The normalized spacial score (nSPS) is 18.3. The number of anilines is 2. The molecule has 4 rings (SSSR count). The van der Waals surface area contributed by atoms with E-state index < -0.39 is 26.2 Å². The zero-order valence-corrected chi connectivity index (χ0v) is 26.1. The number of hydrogen-bond donors (Lipinski definition) is 4. The molecular weight excluding hydrogens is 598 g/mol. The van der Waals surface area contributed by atoms with Crippen LogP contribution < -0.4 is 14.9 Å². The van der Waals surface area contributed by atoms with Crippen LogP contribution in [0.3, 0.4) is 0 Å². The molecule has 0 unspecified atom stereocenters. The van der Waals surface area contributed by atoms with Crippen LogP contribution in [0.15, 0.2) is 47.4 Å². The minimum Gasteiger partial charge on any atom is -0.506 e. The van der Waals surface area contributed by atoms with Gasteiger partial charge in [0.05, 0.1) is 36.1 Å². The highest BCUT2D eigenvalue weighted by Gasteiger charge is 2.29. The first-order valence-electron chi connectivity index (χ1n) is 14.3. The van der Waals surface area contributed by atoms with E-state index in [1.165, 1.54) is 16.4 Å². The summed E-state index contributed by atoms with van der Waals surface area (Å²) in [4.78, 5) is 16.1. The zero-order valence-electron chi connectivity index (χ0n) is 24.5. The molecule has 2 heterocycles. The fraction of sp³-hybridized carbons (Fsp3) is 0.536. The number of piperazine rings is 1. The molecule has 238 valence electrons. The molecule has 2 aliphatic rings. The van der Waals surface area contributed by atoms with Crippen molar-refractivity contribution in [2.45, 2.75) is 36.8 Å². The van der Waals surface area contributed by atoms with Gasteiger partial charge in [-0.15, -0.1) is 0 Å². The maximum absolute atomic E-state index is 13.2. The van der Waals surface area contributed by atoms with Gasteiger partial charge in [-0.2, -0.15) is 4.31 Å². The van der Waals surface area contributed by atoms with Crippen molar-refractivity contribution in [1.82, 2.24) is 14.5 Å². The van der Waals surface area contributed by atoms with Crippen LogP contribution in [0, 0.1) is 0 Å². The summed E-state index contributed by atoms with van der Waals surface area (Å²) in [7, 11) is -7.22. The third-order valence-electron chi connectivity index (χ3n) is 7.62. The van der Waals surface area contributed by atoms with Crippen LogP contribution in [-0.2, 0) is 29.6 Å². The Hall–Kier alpha value is -2.95. The number of aliphatic hydroxyl groups excluding tert-OH is 1. The number of hydrogen-bond acceptors (Lipinski definition) is 11. The number of ether oxygens (including phenoxy) is 1. The molecule has 0 aliphatic carbocycles. The second-order valence-electron chi connectivity index (χ2n) is 10.8. The Morgan fingerprint density at radius 1 is 1.00 bits per heavy atom. The molecule has 13 nitrogen and oxygen atoms in total.